The maximum absolute atomic E-state index is 10.6. The van der Waals surface area contributed by atoms with E-state index in [0.717, 1.165) is 16.9 Å². The van der Waals surface area contributed by atoms with Gasteiger partial charge in [0.25, 0.3) is 10.9 Å². The number of aryl methyl sites for hydroxylation is 1. The molecule has 110 valence electrons. The summed E-state index contributed by atoms with van der Waals surface area (Å²) in [6.07, 6.45) is -3.29. The number of hydrogen-bond donors (Lipinski definition) is 3. The molecule has 8 nitrogen and oxygen atoms in total. The molecule has 1 aromatic carbocycles. The normalized spacial score (nSPS) is 10.1. The number of phenolic OH excluding ortho intramolecular Hbond substituents is 1. The van der Waals surface area contributed by atoms with Crippen LogP contribution in [0.3, 0.4) is 0 Å². The lowest BCUT2D eigenvalue weighted by molar-refractivity contribution is 0.132. The second-order valence-electron chi connectivity index (χ2n) is 3.87. The van der Waals surface area contributed by atoms with Crippen LogP contribution < -0.4 is 9.47 Å². The van der Waals surface area contributed by atoms with Crippen molar-refractivity contribution in [1.82, 2.24) is 4.98 Å². The molecule has 0 unspecified atom stereocenters. The molecule has 0 aliphatic heterocycles. The Kier molecular flexibility index (Phi) is 3.94. The van der Waals surface area contributed by atoms with E-state index in [4.69, 9.17) is 10.2 Å². The SMILES string of the molecule is Cc1ccc(O)c(-c2nc(OC(=O)O)c(OC(=O)O)s2)c1. The molecule has 0 bridgehead atoms. The number of rotatable bonds is 3. The number of phenols is 1. The quantitative estimate of drug-likeness (QED) is 0.738. The van der Waals surface area contributed by atoms with Gasteiger partial charge in [-0.1, -0.05) is 23.0 Å². The van der Waals surface area contributed by atoms with Gasteiger partial charge in [-0.05, 0) is 19.1 Å². The largest absolute Gasteiger partial charge is 0.512 e. The van der Waals surface area contributed by atoms with Gasteiger partial charge in [-0.3, -0.25) is 0 Å². The van der Waals surface area contributed by atoms with Crippen LogP contribution in [0.15, 0.2) is 18.2 Å². The summed E-state index contributed by atoms with van der Waals surface area (Å²) in [6.45, 7) is 1.79. The number of carboxylic acid groups (broad SMARTS) is 2. The zero-order valence-corrected chi connectivity index (χ0v) is 11.4. The van der Waals surface area contributed by atoms with Crippen molar-refractivity contribution < 1.29 is 34.4 Å². The minimum atomic E-state index is -1.66. The fourth-order valence-corrected chi connectivity index (χ4v) is 2.38. The molecule has 1 aromatic heterocycles. The standard InChI is InChI=1S/C12H9NO7S/c1-5-2-3-7(14)6(4-5)9-13-8(19-11(15)16)10(21-9)20-12(17)18/h2-4,14H,1H3,(H,15,16)(H,17,18). The van der Waals surface area contributed by atoms with Gasteiger partial charge in [0.1, 0.15) is 10.8 Å². The third-order valence-electron chi connectivity index (χ3n) is 2.31. The molecule has 0 aliphatic carbocycles. The molecule has 9 heteroatoms. The summed E-state index contributed by atoms with van der Waals surface area (Å²) in [5.41, 5.74) is 1.15. The van der Waals surface area contributed by atoms with E-state index >= 15 is 0 Å². The van der Waals surface area contributed by atoms with Crippen LogP contribution >= 0.6 is 11.3 Å². The third kappa shape index (κ3) is 3.39. The van der Waals surface area contributed by atoms with E-state index in [0.29, 0.717) is 5.56 Å². The van der Waals surface area contributed by atoms with Crippen LogP contribution in [-0.2, 0) is 0 Å². The van der Waals surface area contributed by atoms with Gasteiger partial charge in [-0.15, -0.1) is 0 Å². The minimum Gasteiger partial charge on any atom is -0.507 e. The van der Waals surface area contributed by atoms with Gasteiger partial charge < -0.3 is 24.8 Å². The number of ether oxygens (including phenoxy) is 2. The number of nitrogens with zero attached hydrogens (tertiary/aromatic N) is 1. The van der Waals surface area contributed by atoms with Crippen molar-refractivity contribution >= 4 is 23.6 Å². The van der Waals surface area contributed by atoms with E-state index in [-0.39, 0.29) is 15.8 Å². The number of aromatic nitrogens is 1. The van der Waals surface area contributed by atoms with Crippen LogP contribution in [0.4, 0.5) is 9.59 Å². The Labute approximate surface area is 121 Å². The molecule has 2 aromatic rings. The van der Waals surface area contributed by atoms with Crippen LogP contribution in [0, 0.1) is 6.92 Å². The Bertz CT molecular complexity index is 676. The maximum Gasteiger partial charge on any atom is 0.512 e. The van der Waals surface area contributed by atoms with Gasteiger partial charge >= 0.3 is 12.3 Å². The molecule has 0 spiro atoms. The fraction of sp³-hybridized carbons (Fsp3) is 0.0833. The van der Waals surface area contributed by atoms with E-state index < -0.39 is 18.2 Å². The molecular formula is C12H9NO7S. The van der Waals surface area contributed by atoms with Crippen molar-refractivity contribution in [3.63, 3.8) is 0 Å². The van der Waals surface area contributed by atoms with Gasteiger partial charge in [0.05, 0.1) is 5.56 Å². The molecular weight excluding hydrogens is 302 g/mol. The van der Waals surface area contributed by atoms with Crippen molar-refractivity contribution in [1.29, 1.82) is 0 Å². The highest BCUT2D eigenvalue weighted by atomic mass is 32.1. The Morgan fingerprint density at radius 2 is 1.86 bits per heavy atom. The Balaban J connectivity index is 2.49. The van der Waals surface area contributed by atoms with E-state index in [2.05, 4.69) is 14.5 Å². The first kappa shape index (κ1) is 14.6. The first-order chi connectivity index (χ1) is 9.86. The molecule has 0 atom stereocenters. The zero-order chi connectivity index (χ0) is 15.6. The number of aromatic hydroxyl groups is 1. The van der Waals surface area contributed by atoms with Gasteiger partial charge in [-0.25, -0.2) is 9.59 Å². The van der Waals surface area contributed by atoms with E-state index in [1.165, 1.54) is 6.07 Å². The maximum atomic E-state index is 10.6. The minimum absolute atomic E-state index is 0.0851. The lowest BCUT2D eigenvalue weighted by atomic mass is 10.1. The topological polar surface area (TPSA) is 126 Å². The highest BCUT2D eigenvalue weighted by Crippen LogP contribution is 2.42. The predicted octanol–water partition coefficient (Wildman–Crippen LogP) is 2.94. The number of carbonyl (C=O) groups is 2. The summed E-state index contributed by atoms with van der Waals surface area (Å²) in [7, 11) is 0. The van der Waals surface area contributed by atoms with Crippen LogP contribution in [0.25, 0.3) is 10.6 Å². The number of thiazole rings is 1. The predicted molar refractivity (Wildman–Crippen MR) is 71.3 cm³/mol. The van der Waals surface area contributed by atoms with Gasteiger partial charge in [-0.2, -0.15) is 4.98 Å². The van der Waals surface area contributed by atoms with Crippen LogP contribution in [-0.4, -0.2) is 32.6 Å². The first-order valence-corrected chi connectivity index (χ1v) is 6.31. The van der Waals surface area contributed by atoms with Crippen molar-refractivity contribution in [3.05, 3.63) is 23.8 Å². The monoisotopic (exact) mass is 311 g/mol. The zero-order valence-electron chi connectivity index (χ0n) is 10.6. The molecule has 0 fully saturated rings. The van der Waals surface area contributed by atoms with Crippen molar-refractivity contribution in [2.75, 3.05) is 0 Å². The molecule has 0 amide bonds. The van der Waals surface area contributed by atoms with Crippen molar-refractivity contribution in [3.8, 4) is 27.3 Å². The highest BCUT2D eigenvalue weighted by Gasteiger charge is 2.21. The summed E-state index contributed by atoms with van der Waals surface area (Å²) in [4.78, 5) is 25.0. The second-order valence-corrected chi connectivity index (χ2v) is 4.83. The fourth-order valence-electron chi connectivity index (χ4n) is 1.52. The molecule has 2 rings (SSSR count). The molecule has 0 radical (unpaired) electrons. The molecule has 21 heavy (non-hydrogen) atoms. The Hall–Kier alpha value is -2.81. The molecule has 0 aliphatic rings. The average molecular weight is 311 g/mol. The summed E-state index contributed by atoms with van der Waals surface area (Å²) < 4.78 is 8.79. The summed E-state index contributed by atoms with van der Waals surface area (Å²) in [6, 6.07) is 4.74. The Morgan fingerprint density at radius 3 is 2.48 bits per heavy atom. The summed E-state index contributed by atoms with van der Waals surface area (Å²) in [5.74, 6) is -0.580. The van der Waals surface area contributed by atoms with E-state index in [9.17, 15) is 14.7 Å². The third-order valence-corrected chi connectivity index (χ3v) is 3.26. The van der Waals surface area contributed by atoms with Crippen LogP contribution in [0.1, 0.15) is 5.56 Å². The summed E-state index contributed by atoms with van der Waals surface area (Å²) in [5, 5.41) is 26.8. The lowest BCUT2D eigenvalue weighted by Gasteiger charge is -2.01. The van der Waals surface area contributed by atoms with Gasteiger partial charge in [0.2, 0.25) is 0 Å². The number of hydrogen-bond acceptors (Lipinski definition) is 7. The first-order valence-electron chi connectivity index (χ1n) is 5.49. The summed E-state index contributed by atoms with van der Waals surface area (Å²) >= 11 is 0.743. The van der Waals surface area contributed by atoms with Gasteiger partial charge in [0, 0.05) is 0 Å². The van der Waals surface area contributed by atoms with Crippen molar-refractivity contribution in [2.24, 2.45) is 0 Å². The molecule has 0 saturated heterocycles. The smallest absolute Gasteiger partial charge is 0.507 e. The highest BCUT2D eigenvalue weighted by molar-refractivity contribution is 7.17. The van der Waals surface area contributed by atoms with Gasteiger partial charge in [0.15, 0.2) is 0 Å². The van der Waals surface area contributed by atoms with Crippen LogP contribution in [0.5, 0.6) is 16.7 Å². The average Bonchev–Trinajstić information content (AvgIpc) is 2.73. The van der Waals surface area contributed by atoms with Crippen LogP contribution in [0.2, 0.25) is 0 Å². The Morgan fingerprint density at radius 1 is 1.19 bits per heavy atom. The number of benzene rings is 1. The second kappa shape index (κ2) is 5.67. The molecule has 0 saturated carbocycles. The molecule has 3 N–H and O–H groups in total. The molecule has 1 heterocycles. The van der Waals surface area contributed by atoms with Crippen molar-refractivity contribution in [2.45, 2.75) is 6.92 Å². The van der Waals surface area contributed by atoms with E-state index in [1.54, 1.807) is 19.1 Å². The lowest BCUT2D eigenvalue weighted by Crippen LogP contribution is -2.07. The van der Waals surface area contributed by atoms with E-state index in [1.807, 2.05) is 0 Å².